The van der Waals surface area contributed by atoms with E-state index in [1.165, 1.54) is 10.8 Å². The molecule has 0 aliphatic heterocycles. The summed E-state index contributed by atoms with van der Waals surface area (Å²) < 4.78 is 6.61. The molecule has 0 spiro atoms. The van der Waals surface area contributed by atoms with Crippen LogP contribution in [0.5, 0.6) is 0 Å². The highest BCUT2D eigenvalue weighted by Gasteiger charge is 2.18. The molecule has 0 atom stereocenters. The van der Waals surface area contributed by atoms with Crippen molar-refractivity contribution in [2.24, 2.45) is 0 Å². The molecule has 0 aliphatic rings. The summed E-state index contributed by atoms with van der Waals surface area (Å²) in [5, 5.41) is 6.92. The highest BCUT2D eigenvalue weighted by Crippen LogP contribution is 2.43. The van der Waals surface area contributed by atoms with Gasteiger partial charge in [-0.3, -0.25) is 0 Å². The fourth-order valence-corrected chi connectivity index (χ4v) is 6.34. The van der Waals surface area contributed by atoms with Crippen LogP contribution in [0, 0.1) is 0 Å². The first-order valence-corrected chi connectivity index (χ1v) is 15.0. The third kappa shape index (κ3) is 4.27. The Hall–Kier alpha value is -6.13. The zero-order valence-corrected chi connectivity index (χ0v) is 24.2. The number of hydrogen-bond acceptors (Lipinski definition) is 4. The van der Waals surface area contributed by atoms with Gasteiger partial charge < -0.3 is 4.42 Å². The Balaban J connectivity index is 1.23. The SMILES string of the molecule is c1ccc(-c2nc(-c3ccccc3)nc(-c3ccc(-c4cc5ccc6ccccc6c5c5oc6ccccc6c45)cc3)n2)cc1. The Kier molecular flexibility index (Phi) is 5.78. The maximum atomic E-state index is 6.61. The van der Waals surface area contributed by atoms with Crippen LogP contribution in [0.3, 0.4) is 0 Å². The van der Waals surface area contributed by atoms with Gasteiger partial charge in [-0.05, 0) is 39.4 Å². The van der Waals surface area contributed by atoms with Crippen LogP contribution in [0.1, 0.15) is 0 Å². The maximum absolute atomic E-state index is 6.61. The van der Waals surface area contributed by atoms with E-state index >= 15 is 0 Å². The van der Waals surface area contributed by atoms with Crippen LogP contribution >= 0.6 is 0 Å². The molecule has 9 rings (SSSR count). The normalized spacial score (nSPS) is 11.6. The lowest BCUT2D eigenvalue weighted by Gasteiger charge is -2.11. The smallest absolute Gasteiger partial charge is 0.164 e. The molecule has 4 nitrogen and oxygen atoms in total. The fourth-order valence-electron chi connectivity index (χ4n) is 6.34. The van der Waals surface area contributed by atoms with E-state index in [-0.39, 0.29) is 0 Å². The van der Waals surface area contributed by atoms with Crippen LogP contribution in [0.15, 0.2) is 156 Å². The molecule has 0 bridgehead atoms. The molecule has 0 amide bonds. The van der Waals surface area contributed by atoms with Gasteiger partial charge in [0.1, 0.15) is 11.2 Å². The first kappa shape index (κ1) is 25.4. The van der Waals surface area contributed by atoms with Crippen molar-refractivity contribution in [3.05, 3.63) is 152 Å². The van der Waals surface area contributed by atoms with Gasteiger partial charge in [0.2, 0.25) is 0 Å². The zero-order valence-electron chi connectivity index (χ0n) is 24.2. The average molecular weight is 576 g/mol. The summed E-state index contributed by atoms with van der Waals surface area (Å²) in [6.07, 6.45) is 0. The summed E-state index contributed by atoms with van der Waals surface area (Å²) in [6, 6.07) is 52.1. The van der Waals surface area contributed by atoms with Gasteiger partial charge in [-0.25, -0.2) is 15.0 Å². The predicted octanol–water partition coefficient (Wildman–Crippen LogP) is 10.7. The molecule has 7 aromatic carbocycles. The molecule has 2 aromatic heterocycles. The van der Waals surface area contributed by atoms with Crippen molar-refractivity contribution in [3.8, 4) is 45.3 Å². The number of para-hydroxylation sites is 1. The van der Waals surface area contributed by atoms with Gasteiger partial charge in [-0.1, -0.05) is 140 Å². The van der Waals surface area contributed by atoms with Crippen LogP contribution in [0.4, 0.5) is 0 Å². The maximum Gasteiger partial charge on any atom is 0.164 e. The second-order valence-electron chi connectivity index (χ2n) is 11.2. The quantitative estimate of drug-likeness (QED) is 0.196. The van der Waals surface area contributed by atoms with E-state index in [9.17, 15) is 0 Å². The number of furan rings is 1. The van der Waals surface area contributed by atoms with Crippen LogP contribution in [0.2, 0.25) is 0 Å². The van der Waals surface area contributed by atoms with E-state index in [1.54, 1.807) is 0 Å². The summed E-state index contributed by atoms with van der Waals surface area (Å²) in [5.74, 6) is 1.94. The van der Waals surface area contributed by atoms with Gasteiger partial charge in [0.05, 0.1) is 0 Å². The van der Waals surface area contributed by atoms with Crippen molar-refractivity contribution in [2.45, 2.75) is 0 Å². The number of nitrogens with zero attached hydrogens (tertiary/aromatic N) is 3. The molecule has 0 fully saturated rings. The molecule has 2 heterocycles. The summed E-state index contributed by atoms with van der Waals surface area (Å²) in [5.41, 5.74) is 6.87. The Labute approximate surface area is 259 Å². The molecule has 0 saturated carbocycles. The molecular weight excluding hydrogens is 550 g/mol. The van der Waals surface area contributed by atoms with Crippen molar-refractivity contribution in [1.29, 1.82) is 0 Å². The van der Waals surface area contributed by atoms with Crippen molar-refractivity contribution < 1.29 is 4.42 Å². The Bertz CT molecular complexity index is 2460. The molecule has 210 valence electrons. The van der Waals surface area contributed by atoms with Crippen LogP contribution < -0.4 is 0 Å². The molecule has 0 saturated heterocycles. The number of benzene rings is 7. The van der Waals surface area contributed by atoms with Gasteiger partial charge in [0.15, 0.2) is 17.5 Å². The van der Waals surface area contributed by atoms with E-state index in [2.05, 4.69) is 84.9 Å². The first-order valence-electron chi connectivity index (χ1n) is 15.0. The lowest BCUT2D eigenvalue weighted by Crippen LogP contribution is -2.00. The van der Waals surface area contributed by atoms with E-state index in [4.69, 9.17) is 19.4 Å². The van der Waals surface area contributed by atoms with Crippen LogP contribution in [-0.2, 0) is 0 Å². The van der Waals surface area contributed by atoms with Gasteiger partial charge in [0.25, 0.3) is 0 Å². The highest BCUT2D eigenvalue weighted by molar-refractivity contribution is 6.26. The van der Waals surface area contributed by atoms with E-state index in [1.807, 2.05) is 66.7 Å². The lowest BCUT2D eigenvalue weighted by molar-refractivity contribution is 0.673. The van der Waals surface area contributed by atoms with Crippen molar-refractivity contribution in [3.63, 3.8) is 0 Å². The van der Waals surface area contributed by atoms with E-state index < -0.39 is 0 Å². The van der Waals surface area contributed by atoms with Gasteiger partial charge >= 0.3 is 0 Å². The second-order valence-corrected chi connectivity index (χ2v) is 11.2. The standard InChI is InChI=1S/C41H25N3O/c1-3-12-28(13-4-1)39-42-40(29-14-5-2-6-15-29)44-41(43-39)30-22-19-27(20-23-30)34-25-31-24-21-26-11-7-8-16-32(26)36(31)38-37(34)33-17-9-10-18-35(33)45-38/h1-25H. The molecule has 0 unspecified atom stereocenters. The molecule has 9 aromatic rings. The number of rotatable bonds is 4. The van der Waals surface area contributed by atoms with Crippen molar-refractivity contribution in [2.75, 3.05) is 0 Å². The molecule has 0 aliphatic carbocycles. The molecule has 0 N–H and O–H groups in total. The largest absolute Gasteiger partial charge is 0.455 e. The Morgan fingerprint density at radius 2 is 0.889 bits per heavy atom. The molecular formula is C41H25N3O. The number of aromatic nitrogens is 3. The fraction of sp³-hybridized carbons (Fsp3) is 0. The summed E-state index contributed by atoms with van der Waals surface area (Å²) in [6.45, 7) is 0. The third-order valence-corrected chi connectivity index (χ3v) is 8.51. The minimum Gasteiger partial charge on any atom is -0.455 e. The molecule has 4 heteroatoms. The van der Waals surface area contributed by atoms with Gasteiger partial charge in [-0.2, -0.15) is 0 Å². The highest BCUT2D eigenvalue weighted by atomic mass is 16.3. The topological polar surface area (TPSA) is 51.8 Å². The van der Waals surface area contributed by atoms with Crippen LogP contribution in [0.25, 0.3) is 88.8 Å². The Morgan fingerprint density at radius 3 is 1.56 bits per heavy atom. The minimum absolute atomic E-state index is 0.637. The minimum atomic E-state index is 0.637. The zero-order chi connectivity index (χ0) is 29.7. The Morgan fingerprint density at radius 1 is 0.378 bits per heavy atom. The van der Waals surface area contributed by atoms with E-state index in [0.717, 1.165) is 60.5 Å². The van der Waals surface area contributed by atoms with Crippen molar-refractivity contribution >= 4 is 43.5 Å². The van der Waals surface area contributed by atoms with Crippen LogP contribution in [-0.4, -0.2) is 15.0 Å². The van der Waals surface area contributed by atoms with E-state index in [0.29, 0.717) is 17.5 Å². The molecule has 0 radical (unpaired) electrons. The number of hydrogen-bond donors (Lipinski definition) is 0. The average Bonchev–Trinajstić information content (AvgIpc) is 3.51. The molecule has 45 heavy (non-hydrogen) atoms. The monoisotopic (exact) mass is 575 g/mol. The number of fused-ring (bicyclic) bond motifs is 7. The third-order valence-electron chi connectivity index (χ3n) is 8.51. The van der Waals surface area contributed by atoms with Crippen molar-refractivity contribution in [1.82, 2.24) is 15.0 Å². The summed E-state index contributed by atoms with van der Waals surface area (Å²) in [7, 11) is 0. The summed E-state index contributed by atoms with van der Waals surface area (Å²) in [4.78, 5) is 14.7. The second kappa shape index (κ2) is 10.2. The first-order chi connectivity index (χ1) is 22.3. The van der Waals surface area contributed by atoms with Gasteiger partial charge in [0, 0.05) is 32.8 Å². The predicted molar refractivity (Wildman–Crippen MR) is 184 cm³/mol. The van der Waals surface area contributed by atoms with Gasteiger partial charge in [-0.15, -0.1) is 0 Å². The lowest BCUT2D eigenvalue weighted by atomic mass is 9.92. The summed E-state index contributed by atoms with van der Waals surface area (Å²) >= 11 is 0.